The molecule has 1 heterocycles. The van der Waals surface area contributed by atoms with Crippen molar-refractivity contribution in [2.45, 2.75) is 25.9 Å². The van der Waals surface area contributed by atoms with Crippen molar-refractivity contribution in [1.82, 2.24) is 4.98 Å². The fourth-order valence-electron chi connectivity index (χ4n) is 1.20. The Morgan fingerprint density at radius 1 is 1.44 bits per heavy atom. The van der Waals surface area contributed by atoms with Gasteiger partial charge in [0.25, 0.3) is 0 Å². The summed E-state index contributed by atoms with van der Waals surface area (Å²) in [4.78, 5) is 15.0. The van der Waals surface area contributed by atoms with Crippen LogP contribution >= 0.6 is 23.2 Å². The summed E-state index contributed by atoms with van der Waals surface area (Å²) >= 11 is 11.4. The van der Waals surface area contributed by atoms with E-state index in [9.17, 15) is 18.0 Å². The average Bonchev–Trinajstić information content (AvgIpc) is 2.19. The van der Waals surface area contributed by atoms with Gasteiger partial charge in [-0.15, -0.1) is 0 Å². The summed E-state index contributed by atoms with van der Waals surface area (Å²) in [6.07, 6.45) is -6.22. The first-order chi connectivity index (χ1) is 8.19. The summed E-state index contributed by atoms with van der Waals surface area (Å²) in [5.74, 6) is -0.776. The molecular weight excluding hydrogens is 292 g/mol. The molecule has 8 heteroatoms. The summed E-state index contributed by atoms with van der Waals surface area (Å²) < 4.78 is 35.8. The van der Waals surface area contributed by atoms with Crippen molar-refractivity contribution in [3.05, 3.63) is 21.9 Å². The molecule has 0 aliphatic heterocycles. The van der Waals surface area contributed by atoms with Crippen molar-refractivity contribution in [3.8, 4) is 0 Å². The van der Waals surface area contributed by atoms with E-state index in [0.717, 1.165) is 0 Å². The fraction of sp³-hybridized carbons (Fsp3) is 0.400. The first kappa shape index (κ1) is 15.0. The van der Waals surface area contributed by atoms with Crippen LogP contribution in [0.4, 0.5) is 18.9 Å². The summed E-state index contributed by atoms with van der Waals surface area (Å²) in [5.41, 5.74) is 0.702. The highest BCUT2D eigenvalue weighted by atomic mass is 35.5. The van der Waals surface area contributed by atoms with Gasteiger partial charge in [-0.3, -0.25) is 4.79 Å². The third-order valence-electron chi connectivity index (χ3n) is 2.04. The second-order valence-corrected chi connectivity index (χ2v) is 4.34. The maximum Gasteiger partial charge on any atom is 0.389 e. The van der Waals surface area contributed by atoms with Crippen LogP contribution in [0, 0.1) is 6.92 Å². The van der Waals surface area contributed by atoms with Crippen LogP contribution in [0.25, 0.3) is 0 Å². The molecule has 3 nitrogen and oxygen atoms in total. The van der Waals surface area contributed by atoms with Crippen molar-refractivity contribution in [2.75, 3.05) is 5.32 Å². The van der Waals surface area contributed by atoms with Crippen molar-refractivity contribution in [2.24, 2.45) is 0 Å². The Morgan fingerprint density at radius 3 is 2.56 bits per heavy atom. The van der Waals surface area contributed by atoms with Crippen LogP contribution in [-0.4, -0.2) is 17.1 Å². The van der Waals surface area contributed by atoms with Gasteiger partial charge in [0.2, 0.25) is 5.91 Å². The monoisotopic (exact) mass is 300 g/mol. The van der Waals surface area contributed by atoms with Gasteiger partial charge in [-0.05, 0) is 18.6 Å². The third-order valence-corrected chi connectivity index (χ3v) is 2.51. The Hall–Kier alpha value is -1.01. The van der Waals surface area contributed by atoms with Crippen LogP contribution < -0.4 is 5.32 Å². The van der Waals surface area contributed by atoms with Crippen LogP contribution in [0.2, 0.25) is 10.3 Å². The minimum Gasteiger partial charge on any atom is -0.323 e. The topological polar surface area (TPSA) is 42.0 Å². The normalized spacial score (nSPS) is 11.4. The molecule has 1 aromatic rings. The van der Waals surface area contributed by atoms with Gasteiger partial charge in [-0.1, -0.05) is 23.2 Å². The van der Waals surface area contributed by atoms with Crippen LogP contribution in [0.15, 0.2) is 6.07 Å². The second kappa shape index (κ2) is 5.75. The van der Waals surface area contributed by atoms with Gasteiger partial charge in [0.1, 0.15) is 5.15 Å². The first-order valence-corrected chi connectivity index (χ1v) is 5.64. The number of aromatic nitrogens is 1. The minimum absolute atomic E-state index is 0.0552. The molecule has 1 amide bonds. The van der Waals surface area contributed by atoms with Crippen molar-refractivity contribution < 1.29 is 18.0 Å². The number of amides is 1. The summed E-state index contributed by atoms with van der Waals surface area (Å²) in [6.45, 7) is 1.61. The minimum atomic E-state index is -4.37. The molecule has 18 heavy (non-hydrogen) atoms. The molecule has 0 fully saturated rings. The Morgan fingerprint density at radius 2 is 2.06 bits per heavy atom. The largest absolute Gasteiger partial charge is 0.389 e. The van der Waals surface area contributed by atoms with E-state index in [1.807, 2.05) is 0 Å². The van der Waals surface area contributed by atoms with Crippen LogP contribution in [0.1, 0.15) is 18.4 Å². The first-order valence-electron chi connectivity index (χ1n) is 4.88. The van der Waals surface area contributed by atoms with Crippen molar-refractivity contribution in [3.63, 3.8) is 0 Å². The Balaban J connectivity index is 2.71. The van der Waals surface area contributed by atoms with Crippen molar-refractivity contribution in [1.29, 1.82) is 0 Å². The van der Waals surface area contributed by atoms with Gasteiger partial charge in [-0.25, -0.2) is 4.98 Å². The van der Waals surface area contributed by atoms with E-state index in [2.05, 4.69) is 10.3 Å². The number of carbonyl (C=O) groups excluding carboxylic acids is 1. The molecule has 0 unspecified atom stereocenters. The van der Waals surface area contributed by atoms with E-state index < -0.39 is 24.9 Å². The number of hydrogen-bond donors (Lipinski definition) is 1. The van der Waals surface area contributed by atoms with Gasteiger partial charge < -0.3 is 5.32 Å². The Kier molecular flexibility index (Phi) is 4.81. The van der Waals surface area contributed by atoms with Crippen LogP contribution in [0.3, 0.4) is 0 Å². The Labute approximate surface area is 111 Å². The number of hydrogen-bond acceptors (Lipinski definition) is 2. The zero-order valence-corrected chi connectivity index (χ0v) is 10.7. The number of pyridine rings is 1. The fourth-order valence-corrected chi connectivity index (χ4v) is 1.78. The van der Waals surface area contributed by atoms with E-state index >= 15 is 0 Å². The van der Waals surface area contributed by atoms with E-state index in [-0.39, 0.29) is 16.0 Å². The molecule has 0 radical (unpaired) electrons. The standard InChI is InChI=1S/C10H9Cl2F3N2O/c1-5-4-6(11)16-9(12)8(5)17-7(18)2-3-10(13,14)15/h4H,2-3H2,1H3,(H,17,18). The zero-order chi connectivity index (χ0) is 13.9. The molecule has 0 aliphatic carbocycles. The predicted octanol–water partition coefficient (Wildman–Crippen LogP) is 3.98. The van der Waals surface area contributed by atoms with E-state index in [0.29, 0.717) is 5.56 Å². The Bertz CT molecular complexity index is 440. The number of alkyl halides is 3. The lowest BCUT2D eigenvalue weighted by Gasteiger charge is -2.11. The summed E-state index contributed by atoms with van der Waals surface area (Å²) in [7, 11) is 0. The smallest absolute Gasteiger partial charge is 0.323 e. The van der Waals surface area contributed by atoms with Gasteiger partial charge in [0.05, 0.1) is 12.1 Å². The van der Waals surface area contributed by atoms with Gasteiger partial charge in [0, 0.05) is 6.42 Å². The SMILES string of the molecule is Cc1cc(Cl)nc(Cl)c1NC(=O)CCC(F)(F)F. The molecule has 0 aliphatic rings. The van der Waals surface area contributed by atoms with Crippen LogP contribution in [-0.2, 0) is 4.79 Å². The van der Waals surface area contributed by atoms with Gasteiger partial charge in [0.15, 0.2) is 5.15 Å². The number of anilines is 1. The number of aryl methyl sites for hydroxylation is 1. The molecule has 0 spiro atoms. The highest BCUT2D eigenvalue weighted by Crippen LogP contribution is 2.27. The summed E-state index contributed by atoms with van der Waals surface area (Å²) in [6, 6.07) is 1.45. The maximum absolute atomic E-state index is 11.9. The molecule has 100 valence electrons. The maximum atomic E-state index is 11.9. The van der Waals surface area contributed by atoms with Crippen LogP contribution in [0.5, 0.6) is 0 Å². The number of halogens is 5. The lowest BCUT2D eigenvalue weighted by atomic mass is 10.2. The summed E-state index contributed by atoms with van der Waals surface area (Å²) in [5, 5.41) is 2.38. The molecule has 0 saturated heterocycles. The molecule has 0 saturated carbocycles. The predicted molar refractivity (Wildman–Crippen MR) is 62.9 cm³/mol. The van der Waals surface area contributed by atoms with Crippen molar-refractivity contribution >= 4 is 34.8 Å². The lowest BCUT2D eigenvalue weighted by Crippen LogP contribution is -2.17. The number of rotatable bonds is 3. The molecule has 1 aromatic heterocycles. The van der Waals surface area contributed by atoms with Gasteiger partial charge in [-0.2, -0.15) is 13.2 Å². The molecule has 0 bridgehead atoms. The van der Waals surface area contributed by atoms with E-state index in [1.54, 1.807) is 6.92 Å². The third kappa shape index (κ3) is 4.70. The van der Waals surface area contributed by atoms with Gasteiger partial charge >= 0.3 is 6.18 Å². The highest BCUT2D eigenvalue weighted by Gasteiger charge is 2.28. The number of nitrogens with one attached hydrogen (secondary N) is 1. The average molecular weight is 301 g/mol. The van der Waals surface area contributed by atoms with E-state index in [4.69, 9.17) is 23.2 Å². The second-order valence-electron chi connectivity index (χ2n) is 3.59. The zero-order valence-electron chi connectivity index (χ0n) is 9.24. The highest BCUT2D eigenvalue weighted by molar-refractivity contribution is 6.34. The molecule has 1 N–H and O–H groups in total. The number of nitrogens with zero attached hydrogens (tertiary/aromatic N) is 1. The number of carbonyl (C=O) groups is 1. The quantitative estimate of drug-likeness (QED) is 0.858. The lowest BCUT2D eigenvalue weighted by molar-refractivity contribution is -0.142. The molecule has 0 atom stereocenters. The van der Waals surface area contributed by atoms with E-state index in [1.165, 1.54) is 6.07 Å². The molecular formula is C10H9Cl2F3N2O. The molecule has 0 aromatic carbocycles. The molecule has 1 rings (SSSR count).